The fourth-order valence-corrected chi connectivity index (χ4v) is 2.22. The van der Waals surface area contributed by atoms with Crippen molar-refractivity contribution in [1.29, 1.82) is 0 Å². The van der Waals surface area contributed by atoms with Gasteiger partial charge >= 0.3 is 0 Å². The second kappa shape index (κ2) is 7.09. The molecule has 0 saturated carbocycles. The number of nitrogens with zero attached hydrogens (tertiary/aromatic N) is 4. The van der Waals surface area contributed by atoms with Crippen LogP contribution in [0.1, 0.15) is 39.5 Å². The monoisotopic (exact) mass is 276 g/mol. The minimum atomic E-state index is 0.656. The molecule has 2 aromatic rings. The Morgan fingerprint density at radius 2 is 1.95 bits per heavy atom. The lowest BCUT2D eigenvalue weighted by atomic mass is 10.2. The van der Waals surface area contributed by atoms with Crippen LogP contribution >= 0.6 is 0 Å². The number of nitrogens with two attached hydrogens (primary N) is 1. The number of unbranched alkanes of at least 4 members (excludes halogenated alkanes) is 2. The normalized spacial score (nSPS) is 10.9. The maximum absolute atomic E-state index is 5.51. The molecule has 0 unspecified atom stereocenters. The van der Waals surface area contributed by atoms with Crippen LogP contribution in [0.4, 0.5) is 11.6 Å². The first-order valence-corrected chi connectivity index (χ1v) is 7.35. The largest absolute Gasteiger partial charge is 0.353 e. The quantitative estimate of drug-likeness (QED) is 0.572. The third kappa shape index (κ3) is 3.19. The highest BCUT2D eigenvalue weighted by molar-refractivity contribution is 5.66. The minimum absolute atomic E-state index is 0.656. The van der Waals surface area contributed by atoms with E-state index in [-0.39, 0.29) is 0 Å². The van der Waals surface area contributed by atoms with Crippen LogP contribution in [-0.4, -0.2) is 27.5 Å². The number of hydrogen-bond donors (Lipinski definition) is 2. The summed E-state index contributed by atoms with van der Waals surface area (Å²) in [5.74, 6) is 7.08. The Morgan fingerprint density at radius 1 is 1.25 bits per heavy atom. The number of rotatable bonds is 8. The second-order valence-corrected chi connectivity index (χ2v) is 4.95. The summed E-state index contributed by atoms with van der Waals surface area (Å²) in [5.41, 5.74) is 3.52. The molecule has 0 fully saturated rings. The summed E-state index contributed by atoms with van der Waals surface area (Å²) in [6.07, 6.45) is 10.2. The van der Waals surface area contributed by atoms with E-state index in [1.807, 2.05) is 16.8 Å². The smallest absolute Gasteiger partial charge is 0.180 e. The second-order valence-electron chi connectivity index (χ2n) is 4.95. The maximum Gasteiger partial charge on any atom is 0.180 e. The number of nitrogens with one attached hydrogen (secondary N) is 1. The number of fused-ring (bicyclic) bond motifs is 1. The maximum atomic E-state index is 5.51. The van der Waals surface area contributed by atoms with Gasteiger partial charge < -0.3 is 14.7 Å². The van der Waals surface area contributed by atoms with Crippen molar-refractivity contribution in [3.8, 4) is 0 Å². The van der Waals surface area contributed by atoms with E-state index in [1.165, 1.54) is 12.8 Å². The van der Waals surface area contributed by atoms with E-state index in [1.54, 1.807) is 6.20 Å². The molecule has 0 bridgehead atoms. The van der Waals surface area contributed by atoms with Crippen molar-refractivity contribution in [2.75, 3.05) is 23.4 Å². The van der Waals surface area contributed by atoms with Crippen molar-refractivity contribution in [1.82, 2.24) is 14.4 Å². The molecule has 3 N–H and O–H groups in total. The average molecular weight is 276 g/mol. The summed E-state index contributed by atoms with van der Waals surface area (Å²) in [7, 11) is 0. The Kier molecular flexibility index (Phi) is 5.17. The fourth-order valence-electron chi connectivity index (χ4n) is 2.22. The van der Waals surface area contributed by atoms with E-state index in [0.717, 1.165) is 37.4 Å². The van der Waals surface area contributed by atoms with Crippen molar-refractivity contribution in [2.24, 2.45) is 5.84 Å². The van der Waals surface area contributed by atoms with Crippen LogP contribution in [0.25, 0.3) is 5.65 Å². The van der Waals surface area contributed by atoms with Gasteiger partial charge in [0.1, 0.15) is 0 Å². The summed E-state index contributed by atoms with van der Waals surface area (Å²) in [4.78, 5) is 11.3. The SMILES string of the molecule is CCCCN(CCCC)c1nc(NN)cn2ccnc12. The average Bonchev–Trinajstić information content (AvgIpc) is 2.95. The zero-order valence-corrected chi connectivity index (χ0v) is 12.3. The first kappa shape index (κ1) is 14.6. The Morgan fingerprint density at radius 3 is 2.55 bits per heavy atom. The van der Waals surface area contributed by atoms with E-state index in [9.17, 15) is 0 Å². The lowest BCUT2D eigenvalue weighted by Crippen LogP contribution is -2.28. The zero-order valence-electron chi connectivity index (χ0n) is 12.3. The predicted octanol–water partition coefficient (Wildman–Crippen LogP) is 2.42. The van der Waals surface area contributed by atoms with Gasteiger partial charge in [-0.3, -0.25) is 0 Å². The van der Waals surface area contributed by atoms with E-state index in [4.69, 9.17) is 5.84 Å². The molecule has 2 rings (SSSR count). The van der Waals surface area contributed by atoms with Crippen LogP contribution in [0.5, 0.6) is 0 Å². The number of nitrogen functional groups attached to an aromatic ring is 1. The first-order valence-electron chi connectivity index (χ1n) is 7.35. The van der Waals surface area contributed by atoms with Crippen LogP contribution in [-0.2, 0) is 0 Å². The lowest BCUT2D eigenvalue weighted by molar-refractivity contribution is 0.671. The van der Waals surface area contributed by atoms with Crippen LogP contribution in [0, 0.1) is 0 Å². The molecule has 20 heavy (non-hydrogen) atoms. The van der Waals surface area contributed by atoms with Crippen molar-refractivity contribution in [2.45, 2.75) is 39.5 Å². The number of imidazole rings is 1. The highest BCUT2D eigenvalue weighted by atomic mass is 15.3. The van der Waals surface area contributed by atoms with Gasteiger partial charge in [0.2, 0.25) is 0 Å². The third-order valence-corrected chi connectivity index (χ3v) is 3.37. The van der Waals surface area contributed by atoms with E-state index in [2.05, 4.69) is 34.1 Å². The van der Waals surface area contributed by atoms with Gasteiger partial charge in [0, 0.05) is 25.5 Å². The highest BCUT2D eigenvalue weighted by Gasteiger charge is 2.14. The van der Waals surface area contributed by atoms with E-state index in [0.29, 0.717) is 5.82 Å². The van der Waals surface area contributed by atoms with E-state index < -0.39 is 0 Å². The highest BCUT2D eigenvalue weighted by Crippen LogP contribution is 2.21. The molecular weight excluding hydrogens is 252 g/mol. The Balaban J connectivity index is 2.36. The number of aromatic nitrogens is 3. The predicted molar refractivity (Wildman–Crippen MR) is 82.8 cm³/mol. The molecule has 0 aliphatic rings. The summed E-state index contributed by atoms with van der Waals surface area (Å²) in [5, 5.41) is 0. The molecular formula is C14H24N6. The van der Waals surface area contributed by atoms with Crippen molar-refractivity contribution >= 4 is 17.3 Å². The van der Waals surface area contributed by atoms with Crippen molar-refractivity contribution < 1.29 is 0 Å². The fraction of sp³-hybridized carbons (Fsp3) is 0.571. The molecule has 2 aromatic heterocycles. The van der Waals surface area contributed by atoms with Gasteiger partial charge in [-0.2, -0.15) is 0 Å². The number of anilines is 2. The van der Waals surface area contributed by atoms with Crippen LogP contribution in [0.15, 0.2) is 18.6 Å². The molecule has 0 amide bonds. The number of hydrogen-bond acceptors (Lipinski definition) is 5. The van der Waals surface area contributed by atoms with Gasteiger partial charge in [-0.15, -0.1) is 0 Å². The molecule has 2 heterocycles. The summed E-state index contributed by atoms with van der Waals surface area (Å²) >= 11 is 0. The Hall–Kier alpha value is -1.82. The van der Waals surface area contributed by atoms with E-state index >= 15 is 0 Å². The summed E-state index contributed by atoms with van der Waals surface area (Å²) in [6, 6.07) is 0. The lowest BCUT2D eigenvalue weighted by Gasteiger charge is -2.24. The molecule has 0 atom stereocenters. The Bertz CT molecular complexity index is 527. The molecule has 6 nitrogen and oxygen atoms in total. The summed E-state index contributed by atoms with van der Waals surface area (Å²) in [6.45, 7) is 6.41. The molecule has 0 aliphatic heterocycles. The van der Waals surface area contributed by atoms with Crippen LogP contribution in [0.3, 0.4) is 0 Å². The van der Waals surface area contributed by atoms with Crippen LogP contribution < -0.4 is 16.2 Å². The molecule has 0 aromatic carbocycles. The van der Waals surface area contributed by atoms with Gasteiger partial charge in [-0.25, -0.2) is 15.8 Å². The van der Waals surface area contributed by atoms with Crippen molar-refractivity contribution in [3.63, 3.8) is 0 Å². The van der Waals surface area contributed by atoms with Gasteiger partial charge in [0.25, 0.3) is 0 Å². The molecule has 110 valence electrons. The first-order chi connectivity index (χ1) is 9.80. The number of hydrazine groups is 1. The van der Waals surface area contributed by atoms with Gasteiger partial charge in [0.05, 0.1) is 6.20 Å². The topological polar surface area (TPSA) is 71.5 Å². The Labute approximate surface area is 120 Å². The molecule has 0 saturated heterocycles. The third-order valence-electron chi connectivity index (χ3n) is 3.37. The molecule has 0 spiro atoms. The van der Waals surface area contributed by atoms with Crippen LogP contribution in [0.2, 0.25) is 0 Å². The zero-order chi connectivity index (χ0) is 14.4. The molecule has 6 heteroatoms. The standard InChI is InChI=1S/C14H24N6/c1-3-5-8-19(9-6-4-2)14-13-16-7-10-20(13)11-12(17-14)18-15/h7,10-11,18H,3-6,8-9,15H2,1-2H3. The van der Waals surface area contributed by atoms with Crippen molar-refractivity contribution in [3.05, 3.63) is 18.6 Å². The van der Waals surface area contributed by atoms with Gasteiger partial charge in [0.15, 0.2) is 17.3 Å². The molecule has 0 radical (unpaired) electrons. The minimum Gasteiger partial charge on any atom is -0.353 e. The van der Waals surface area contributed by atoms with Gasteiger partial charge in [-0.1, -0.05) is 26.7 Å². The molecule has 0 aliphatic carbocycles. The summed E-state index contributed by atoms with van der Waals surface area (Å²) < 4.78 is 1.96. The van der Waals surface area contributed by atoms with Gasteiger partial charge in [-0.05, 0) is 12.8 Å².